The summed E-state index contributed by atoms with van der Waals surface area (Å²) in [5.41, 5.74) is 0. The lowest BCUT2D eigenvalue weighted by atomic mass is 9.91. The van der Waals surface area contributed by atoms with Crippen LogP contribution in [0, 0.1) is 11.8 Å². The lowest BCUT2D eigenvalue weighted by Gasteiger charge is -2.38. The highest BCUT2D eigenvalue weighted by atomic mass is 16.2. The second kappa shape index (κ2) is 4.81. The molecule has 1 aliphatic heterocycles. The van der Waals surface area contributed by atoms with Crippen LogP contribution < -0.4 is 0 Å². The van der Waals surface area contributed by atoms with Gasteiger partial charge in [-0.3, -0.25) is 4.79 Å². The van der Waals surface area contributed by atoms with Crippen LogP contribution in [0.1, 0.15) is 47.0 Å². The van der Waals surface area contributed by atoms with Gasteiger partial charge in [0.05, 0.1) is 0 Å². The molecule has 0 aromatic rings. The SMILES string of the molecule is CCC1CCC(C)N(C(=O)C(C)C)C1. The Morgan fingerprint density at radius 2 is 2.07 bits per heavy atom. The van der Waals surface area contributed by atoms with Crippen molar-refractivity contribution in [3.05, 3.63) is 0 Å². The average molecular weight is 197 g/mol. The van der Waals surface area contributed by atoms with E-state index in [4.69, 9.17) is 0 Å². The van der Waals surface area contributed by atoms with Crippen LogP contribution >= 0.6 is 0 Å². The monoisotopic (exact) mass is 197 g/mol. The summed E-state index contributed by atoms with van der Waals surface area (Å²) in [7, 11) is 0. The topological polar surface area (TPSA) is 20.3 Å². The Kier molecular flexibility index (Phi) is 3.97. The number of carbonyl (C=O) groups excluding carboxylic acids is 1. The first kappa shape index (κ1) is 11.5. The molecule has 14 heavy (non-hydrogen) atoms. The Morgan fingerprint density at radius 1 is 1.43 bits per heavy atom. The van der Waals surface area contributed by atoms with Crippen LogP contribution in [0.15, 0.2) is 0 Å². The van der Waals surface area contributed by atoms with Gasteiger partial charge in [-0.2, -0.15) is 0 Å². The first-order valence-electron chi connectivity index (χ1n) is 5.86. The van der Waals surface area contributed by atoms with E-state index in [1.807, 2.05) is 13.8 Å². The quantitative estimate of drug-likeness (QED) is 0.666. The third-order valence-corrected chi connectivity index (χ3v) is 3.33. The van der Waals surface area contributed by atoms with Gasteiger partial charge in [-0.25, -0.2) is 0 Å². The van der Waals surface area contributed by atoms with Crippen molar-refractivity contribution >= 4 is 5.91 Å². The van der Waals surface area contributed by atoms with Crippen LogP contribution in [0.25, 0.3) is 0 Å². The fraction of sp³-hybridized carbons (Fsp3) is 0.917. The normalized spacial score (nSPS) is 28.2. The van der Waals surface area contributed by atoms with E-state index in [1.54, 1.807) is 0 Å². The minimum Gasteiger partial charge on any atom is -0.339 e. The highest BCUT2D eigenvalue weighted by Crippen LogP contribution is 2.25. The third-order valence-electron chi connectivity index (χ3n) is 3.33. The number of hydrogen-bond acceptors (Lipinski definition) is 1. The second-order valence-electron chi connectivity index (χ2n) is 4.85. The smallest absolute Gasteiger partial charge is 0.225 e. The Balaban J connectivity index is 2.60. The third kappa shape index (κ3) is 2.49. The van der Waals surface area contributed by atoms with E-state index in [0.717, 1.165) is 12.5 Å². The van der Waals surface area contributed by atoms with E-state index < -0.39 is 0 Å². The van der Waals surface area contributed by atoms with E-state index in [9.17, 15) is 4.79 Å². The number of amides is 1. The average Bonchev–Trinajstić information content (AvgIpc) is 2.17. The maximum atomic E-state index is 11.9. The van der Waals surface area contributed by atoms with Gasteiger partial charge in [0.25, 0.3) is 0 Å². The molecule has 2 heteroatoms. The number of rotatable bonds is 2. The molecule has 0 aromatic heterocycles. The van der Waals surface area contributed by atoms with Crippen molar-refractivity contribution in [2.24, 2.45) is 11.8 Å². The molecule has 2 atom stereocenters. The van der Waals surface area contributed by atoms with Crippen LogP contribution in [-0.2, 0) is 4.79 Å². The van der Waals surface area contributed by atoms with Gasteiger partial charge >= 0.3 is 0 Å². The maximum absolute atomic E-state index is 11.9. The molecule has 0 radical (unpaired) electrons. The summed E-state index contributed by atoms with van der Waals surface area (Å²) >= 11 is 0. The summed E-state index contributed by atoms with van der Waals surface area (Å²) in [4.78, 5) is 14.0. The molecule has 0 aromatic carbocycles. The first-order chi connectivity index (χ1) is 6.56. The van der Waals surface area contributed by atoms with Crippen molar-refractivity contribution in [2.45, 2.75) is 53.0 Å². The number of hydrogen-bond donors (Lipinski definition) is 0. The predicted octanol–water partition coefficient (Wildman–Crippen LogP) is 2.68. The number of likely N-dealkylation sites (tertiary alicyclic amines) is 1. The summed E-state index contributed by atoms with van der Waals surface area (Å²) in [5, 5.41) is 0. The molecule has 82 valence electrons. The fourth-order valence-electron chi connectivity index (χ4n) is 2.15. The minimum atomic E-state index is 0.146. The number of nitrogens with zero attached hydrogens (tertiary/aromatic N) is 1. The van der Waals surface area contributed by atoms with Crippen molar-refractivity contribution < 1.29 is 4.79 Å². The molecule has 1 amide bonds. The zero-order chi connectivity index (χ0) is 10.7. The van der Waals surface area contributed by atoms with Gasteiger partial charge in [-0.05, 0) is 25.7 Å². The Hall–Kier alpha value is -0.530. The van der Waals surface area contributed by atoms with E-state index in [2.05, 4.69) is 18.7 Å². The highest BCUT2D eigenvalue weighted by molar-refractivity contribution is 5.78. The largest absolute Gasteiger partial charge is 0.339 e. The predicted molar refractivity (Wildman–Crippen MR) is 59.0 cm³/mol. The van der Waals surface area contributed by atoms with Crippen molar-refractivity contribution in [1.82, 2.24) is 4.90 Å². The molecule has 1 saturated heterocycles. The Labute approximate surface area is 87.7 Å². The molecule has 1 fully saturated rings. The lowest BCUT2D eigenvalue weighted by molar-refractivity contribution is -0.138. The summed E-state index contributed by atoms with van der Waals surface area (Å²) in [5.74, 6) is 1.21. The van der Waals surface area contributed by atoms with Gasteiger partial charge in [0, 0.05) is 18.5 Å². The molecule has 0 N–H and O–H groups in total. The summed E-state index contributed by atoms with van der Waals surface area (Å²) < 4.78 is 0. The Morgan fingerprint density at radius 3 is 2.57 bits per heavy atom. The highest BCUT2D eigenvalue weighted by Gasteiger charge is 2.28. The standard InChI is InChI=1S/C12H23NO/c1-5-11-7-6-10(4)13(8-11)12(14)9(2)3/h9-11H,5-8H2,1-4H3. The molecule has 1 heterocycles. The van der Waals surface area contributed by atoms with Crippen LogP contribution in [0.2, 0.25) is 0 Å². The molecule has 1 rings (SSSR count). The lowest BCUT2D eigenvalue weighted by Crippen LogP contribution is -2.47. The van der Waals surface area contributed by atoms with Crippen LogP contribution in [-0.4, -0.2) is 23.4 Å². The first-order valence-corrected chi connectivity index (χ1v) is 5.86. The van der Waals surface area contributed by atoms with E-state index in [-0.39, 0.29) is 5.92 Å². The van der Waals surface area contributed by atoms with Gasteiger partial charge in [0.1, 0.15) is 0 Å². The molecule has 0 saturated carbocycles. The van der Waals surface area contributed by atoms with Gasteiger partial charge < -0.3 is 4.90 Å². The fourth-order valence-corrected chi connectivity index (χ4v) is 2.15. The van der Waals surface area contributed by atoms with Gasteiger partial charge in [0.2, 0.25) is 5.91 Å². The zero-order valence-electron chi connectivity index (χ0n) is 9.92. The van der Waals surface area contributed by atoms with Gasteiger partial charge in [-0.1, -0.05) is 27.2 Å². The van der Waals surface area contributed by atoms with E-state index >= 15 is 0 Å². The van der Waals surface area contributed by atoms with E-state index in [1.165, 1.54) is 19.3 Å². The molecule has 2 unspecified atom stereocenters. The number of piperidine rings is 1. The molecule has 0 aliphatic carbocycles. The molecular formula is C12H23NO. The molecule has 1 aliphatic rings. The van der Waals surface area contributed by atoms with Crippen LogP contribution in [0.5, 0.6) is 0 Å². The molecule has 0 spiro atoms. The zero-order valence-corrected chi connectivity index (χ0v) is 9.92. The maximum Gasteiger partial charge on any atom is 0.225 e. The van der Waals surface area contributed by atoms with Crippen LogP contribution in [0.3, 0.4) is 0 Å². The summed E-state index contributed by atoms with van der Waals surface area (Å²) in [6.07, 6.45) is 3.67. The summed E-state index contributed by atoms with van der Waals surface area (Å²) in [6, 6.07) is 0.452. The Bertz CT molecular complexity index is 200. The van der Waals surface area contributed by atoms with Gasteiger partial charge in [-0.15, -0.1) is 0 Å². The molecular weight excluding hydrogens is 174 g/mol. The van der Waals surface area contributed by atoms with Gasteiger partial charge in [0.15, 0.2) is 0 Å². The second-order valence-corrected chi connectivity index (χ2v) is 4.85. The van der Waals surface area contributed by atoms with Crippen molar-refractivity contribution in [3.8, 4) is 0 Å². The van der Waals surface area contributed by atoms with Crippen molar-refractivity contribution in [2.75, 3.05) is 6.54 Å². The van der Waals surface area contributed by atoms with Crippen LogP contribution in [0.4, 0.5) is 0 Å². The molecule has 0 bridgehead atoms. The minimum absolute atomic E-state index is 0.146. The van der Waals surface area contributed by atoms with E-state index in [0.29, 0.717) is 11.9 Å². The van der Waals surface area contributed by atoms with Crippen molar-refractivity contribution in [1.29, 1.82) is 0 Å². The number of carbonyl (C=O) groups is 1. The van der Waals surface area contributed by atoms with Crippen molar-refractivity contribution in [3.63, 3.8) is 0 Å². The summed E-state index contributed by atoms with van der Waals surface area (Å²) in [6.45, 7) is 9.36. The molecule has 2 nitrogen and oxygen atoms in total.